The van der Waals surface area contributed by atoms with Gasteiger partial charge in [-0.1, -0.05) is 49.2 Å². The van der Waals surface area contributed by atoms with E-state index in [9.17, 15) is 5.26 Å². The molecule has 1 aromatic carbocycles. The average molecular weight is 285 g/mol. The zero-order valence-corrected chi connectivity index (χ0v) is 12.3. The topological polar surface area (TPSA) is 27.0 Å². The summed E-state index contributed by atoms with van der Waals surface area (Å²) in [7, 11) is 0. The molecule has 0 fully saturated rings. The highest BCUT2D eigenvalue weighted by molar-refractivity contribution is 6.42. The zero-order chi connectivity index (χ0) is 13.5. The molecule has 1 atom stereocenters. The van der Waals surface area contributed by atoms with E-state index in [1.165, 1.54) is 0 Å². The van der Waals surface area contributed by atoms with Crippen LogP contribution in [0.4, 0.5) is 0 Å². The molecular weight excluding hydrogens is 267 g/mol. The minimum atomic E-state index is -0.323. The molecule has 0 saturated heterocycles. The predicted molar refractivity (Wildman–Crippen MR) is 77.0 cm³/mol. The van der Waals surface area contributed by atoms with Gasteiger partial charge in [0.2, 0.25) is 0 Å². The Bertz CT molecular complexity index is 420. The number of halogens is 2. The summed E-state index contributed by atoms with van der Waals surface area (Å²) < 4.78 is 0. The molecule has 0 saturated carbocycles. The third-order valence-corrected chi connectivity index (χ3v) is 3.62. The number of rotatable bonds is 6. The van der Waals surface area contributed by atoms with Crippen molar-refractivity contribution >= 4 is 23.2 Å². The Kier molecular flexibility index (Phi) is 6.49. The van der Waals surface area contributed by atoms with Crippen LogP contribution in [0.15, 0.2) is 18.2 Å². The Morgan fingerprint density at radius 1 is 1.22 bits per heavy atom. The van der Waals surface area contributed by atoms with Gasteiger partial charge in [-0.05, 0) is 32.0 Å². The number of hydrogen-bond acceptors (Lipinski definition) is 2. The Morgan fingerprint density at radius 3 is 2.33 bits per heavy atom. The second-order valence-corrected chi connectivity index (χ2v) is 5.00. The highest BCUT2D eigenvalue weighted by Crippen LogP contribution is 2.32. The molecule has 0 radical (unpaired) electrons. The molecule has 0 bridgehead atoms. The molecular formula is C14H18Cl2N2. The first kappa shape index (κ1) is 15.3. The first-order valence-corrected chi connectivity index (χ1v) is 6.98. The van der Waals surface area contributed by atoms with E-state index in [1.54, 1.807) is 6.07 Å². The van der Waals surface area contributed by atoms with Crippen LogP contribution in [0, 0.1) is 11.3 Å². The number of hydrogen-bond donors (Lipinski definition) is 0. The average Bonchev–Trinajstić information content (AvgIpc) is 2.36. The van der Waals surface area contributed by atoms with E-state index in [-0.39, 0.29) is 6.04 Å². The van der Waals surface area contributed by atoms with Crippen molar-refractivity contribution < 1.29 is 0 Å². The SMILES string of the molecule is CCCN(CCC)C(C#N)c1cccc(Cl)c1Cl. The summed E-state index contributed by atoms with van der Waals surface area (Å²) in [6.07, 6.45) is 2.02. The fraction of sp³-hybridized carbons (Fsp3) is 0.500. The van der Waals surface area contributed by atoms with Crippen LogP contribution < -0.4 is 0 Å². The van der Waals surface area contributed by atoms with E-state index < -0.39 is 0 Å². The van der Waals surface area contributed by atoms with Crippen molar-refractivity contribution in [1.29, 1.82) is 5.26 Å². The van der Waals surface area contributed by atoms with E-state index in [4.69, 9.17) is 23.2 Å². The Morgan fingerprint density at radius 2 is 1.83 bits per heavy atom. The first-order chi connectivity index (χ1) is 8.65. The predicted octanol–water partition coefficient (Wildman–Crippen LogP) is 4.68. The van der Waals surface area contributed by atoms with Gasteiger partial charge in [0.1, 0.15) is 6.04 Å². The standard InChI is InChI=1S/C14H18Cl2N2/c1-3-8-18(9-4-2)13(10-17)11-6-5-7-12(15)14(11)16/h5-7,13H,3-4,8-9H2,1-2H3. The number of nitrogens with zero attached hydrogens (tertiary/aromatic N) is 2. The number of benzene rings is 1. The van der Waals surface area contributed by atoms with Gasteiger partial charge in [0.25, 0.3) is 0 Å². The van der Waals surface area contributed by atoms with Crippen molar-refractivity contribution in [2.75, 3.05) is 13.1 Å². The minimum Gasteiger partial charge on any atom is -0.284 e. The summed E-state index contributed by atoms with van der Waals surface area (Å²) in [4.78, 5) is 2.15. The van der Waals surface area contributed by atoms with Crippen LogP contribution in [0.3, 0.4) is 0 Å². The molecule has 0 N–H and O–H groups in total. The van der Waals surface area contributed by atoms with Gasteiger partial charge in [0, 0.05) is 5.56 Å². The van der Waals surface area contributed by atoms with Crippen LogP contribution in [0.2, 0.25) is 10.0 Å². The molecule has 1 rings (SSSR count). The maximum atomic E-state index is 9.43. The van der Waals surface area contributed by atoms with Gasteiger partial charge in [0.05, 0.1) is 16.1 Å². The van der Waals surface area contributed by atoms with Gasteiger partial charge in [0.15, 0.2) is 0 Å². The summed E-state index contributed by atoms with van der Waals surface area (Å²) >= 11 is 12.2. The van der Waals surface area contributed by atoms with Crippen molar-refractivity contribution in [1.82, 2.24) is 4.90 Å². The molecule has 0 amide bonds. The van der Waals surface area contributed by atoms with Crippen molar-refractivity contribution in [3.8, 4) is 6.07 Å². The van der Waals surface area contributed by atoms with Gasteiger partial charge in [-0.2, -0.15) is 5.26 Å². The summed E-state index contributed by atoms with van der Waals surface area (Å²) in [6, 6.07) is 7.47. The van der Waals surface area contributed by atoms with Crippen LogP contribution in [-0.4, -0.2) is 18.0 Å². The second kappa shape index (κ2) is 7.63. The molecule has 2 nitrogen and oxygen atoms in total. The maximum Gasteiger partial charge on any atom is 0.125 e. The fourth-order valence-electron chi connectivity index (χ4n) is 2.02. The van der Waals surface area contributed by atoms with Crippen LogP contribution in [-0.2, 0) is 0 Å². The lowest BCUT2D eigenvalue weighted by Crippen LogP contribution is -2.29. The summed E-state index contributed by atoms with van der Waals surface area (Å²) in [5.74, 6) is 0. The van der Waals surface area contributed by atoms with Gasteiger partial charge < -0.3 is 0 Å². The lowest BCUT2D eigenvalue weighted by Gasteiger charge is -2.27. The van der Waals surface area contributed by atoms with Gasteiger partial charge >= 0.3 is 0 Å². The van der Waals surface area contributed by atoms with E-state index in [0.717, 1.165) is 31.5 Å². The van der Waals surface area contributed by atoms with Gasteiger partial charge in [-0.15, -0.1) is 0 Å². The van der Waals surface area contributed by atoms with Crippen LogP contribution >= 0.6 is 23.2 Å². The summed E-state index contributed by atoms with van der Waals surface area (Å²) in [6.45, 7) is 5.98. The maximum absolute atomic E-state index is 9.43. The summed E-state index contributed by atoms with van der Waals surface area (Å²) in [5, 5.41) is 10.4. The zero-order valence-electron chi connectivity index (χ0n) is 10.8. The van der Waals surface area contributed by atoms with Crippen molar-refractivity contribution in [3.05, 3.63) is 33.8 Å². The molecule has 4 heteroatoms. The normalized spacial score (nSPS) is 12.4. The Balaban J connectivity index is 3.07. The molecule has 0 aliphatic rings. The van der Waals surface area contributed by atoms with Crippen LogP contribution in [0.25, 0.3) is 0 Å². The minimum absolute atomic E-state index is 0.323. The first-order valence-electron chi connectivity index (χ1n) is 6.23. The van der Waals surface area contributed by atoms with E-state index in [0.29, 0.717) is 10.0 Å². The monoisotopic (exact) mass is 284 g/mol. The van der Waals surface area contributed by atoms with Crippen LogP contribution in [0.1, 0.15) is 38.3 Å². The third-order valence-electron chi connectivity index (χ3n) is 2.79. The van der Waals surface area contributed by atoms with Crippen molar-refractivity contribution in [2.24, 2.45) is 0 Å². The van der Waals surface area contributed by atoms with E-state index >= 15 is 0 Å². The molecule has 0 aromatic heterocycles. The highest BCUT2D eigenvalue weighted by Gasteiger charge is 2.21. The lowest BCUT2D eigenvalue weighted by atomic mass is 10.1. The molecule has 98 valence electrons. The fourth-order valence-corrected chi connectivity index (χ4v) is 2.44. The molecule has 0 aliphatic heterocycles. The highest BCUT2D eigenvalue weighted by atomic mass is 35.5. The molecule has 1 aromatic rings. The Labute approximate surface area is 119 Å². The lowest BCUT2D eigenvalue weighted by molar-refractivity contribution is 0.236. The molecule has 0 aliphatic carbocycles. The quantitative estimate of drug-likeness (QED) is 0.758. The van der Waals surface area contributed by atoms with E-state index in [2.05, 4.69) is 24.8 Å². The molecule has 0 spiro atoms. The largest absolute Gasteiger partial charge is 0.284 e. The molecule has 0 heterocycles. The third kappa shape index (κ3) is 3.62. The van der Waals surface area contributed by atoms with Crippen molar-refractivity contribution in [2.45, 2.75) is 32.7 Å². The number of nitriles is 1. The Hall–Kier alpha value is -0.750. The summed E-state index contributed by atoms with van der Waals surface area (Å²) in [5.41, 5.74) is 0.800. The molecule has 1 unspecified atom stereocenters. The van der Waals surface area contributed by atoms with Gasteiger partial charge in [-0.25, -0.2) is 0 Å². The smallest absolute Gasteiger partial charge is 0.125 e. The van der Waals surface area contributed by atoms with Gasteiger partial charge in [-0.3, -0.25) is 4.90 Å². The van der Waals surface area contributed by atoms with Crippen molar-refractivity contribution in [3.63, 3.8) is 0 Å². The second-order valence-electron chi connectivity index (χ2n) is 4.21. The molecule has 18 heavy (non-hydrogen) atoms. The van der Waals surface area contributed by atoms with Crippen LogP contribution in [0.5, 0.6) is 0 Å². The van der Waals surface area contributed by atoms with E-state index in [1.807, 2.05) is 12.1 Å².